The van der Waals surface area contributed by atoms with E-state index in [1.54, 1.807) is 10.9 Å². The first-order valence-corrected chi connectivity index (χ1v) is 9.36. The summed E-state index contributed by atoms with van der Waals surface area (Å²) in [7, 11) is 0. The number of β-amino-alcohol motifs (C(OH)–C–C–N with tert-alkyl or cyclic N) is 1. The van der Waals surface area contributed by atoms with Crippen molar-refractivity contribution in [3.05, 3.63) is 36.5 Å². The summed E-state index contributed by atoms with van der Waals surface area (Å²) >= 11 is 0. The minimum atomic E-state index is -0.224. The molecule has 4 rings (SSSR count). The molecule has 2 heterocycles. The summed E-state index contributed by atoms with van der Waals surface area (Å²) in [4.78, 5) is 14.8. The van der Waals surface area contributed by atoms with Crippen molar-refractivity contribution in [2.24, 2.45) is 0 Å². The zero-order chi connectivity index (χ0) is 17.9. The molecule has 2 aromatic rings. The van der Waals surface area contributed by atoms with E-state index < -0.39 is 0 Å². The zero-order valence-corrected chi connectivity index (χ0v) is 14.8. The van der Waals surface area contributed by atoms with Gasteiger partial charge in [0.2, 0.25) is 5.91 Å². The predicted octanol–water partition coefficient (Wildman–Crippen LogP) is 1.05. The normalized spacial score (nSPS) is 26.3. The Morgan fingerprint density at radius 2 is 2.08 bits per heavy atom. The molecule has 1 amide bonds. The molecule has 26 heavy (non-hydrogen) atoms. The quantitative estimate of drug-likeness (QED) is 0.838. The number of benzene rings is 1. The van der Waals surface area contributed by atoms with Gasteiger partial charge < -0.3 is 10.4 Å². The van der Waals surface area contributed by atoms with Gasteiger partial charge in [0.15, 0.2) is 0 Å². The smallest absolute Gasteiger partial charge is 0.242 e. The molecule has 0 bridgehead atoms. The molecule has 1 aromatic heterocycles. The van der Waals surface area contributed by atoms with Crippen LogP contribution in [0.15, 0.2) is 36.5 Å². The fourth-order valence-electron chi connectivity index (χ4n) is 4.13. The van der Waals surface area contributed by atoms with E-state index >= 15 is 0 Å². The molecule has 0 spiro atoms. The summed E-state index contributed by atoms with van der Waals surface area (Å²) in [5.41, 5.74) is 1.76. The number of nitrogens with zero attached hydrogens (tertiary/aromatic N) is 4. The number of hydrogen-bond acceptors (Lipinski definition) is 5. The summed E-state index contributed by atoms with van der Waals surface area (Å²) in [5, 5.41) is 21.2. The number of amides is 1. The number of aromatic nitrogens is 3. The monoisotopic (exact) mass is 355 g/mol. The summed E-state index contributed by atoms with van der Waals surface area (Å²) in [6, 6.07) is 10.3. The predicted molar refractivity (Wildman–Crippen MR) is 97.2 cm³/mol. The maximum Gasteiger partial charge on any atom is 0.242 e. The van der Waals surface area contributed by atoms with Gasteiger partial charge in [0.25, 0.3) is 0 Å². The molecule has 7 heteroatoms. The lowest BCUT2D eigenvalue weighted by Crippen LogP contribution is -2.49. The van der Waals surface area contributed by atoms with Gasteiger partial charge in [0.05, 0.1) is 12.3 Å². The van der Waals surface area contributed by atoms with Crippen molar-refractivity contribution >= 4 is 5.91 Å². The van der Waals surface area contributed by atoms with E-state index in [9.17, 15) is 9.90 Å². The Kier molecular flexibility index (Phi) is 4.99. The van der Waals surface area contributed by atoms with Crippen LogP contribution >= 0.6 is 0 Å². The molecule has 1 saturated carbocycles. The maximum absolute atomic E-state index is 12.5. The minimum absolute atomic E-state index is 0.0360. The number of carbonyl (C=O) groups excluding carboxylic acids is 1. The van der Waals surface area contributed by atoms with E-state index in [1.807, 2.05) is 30.3 Å². The van der Waals surface area contributed by atoms with Crippen molar-refractivity contribution in [1.82, 2.24) is 25.2 Å². The van der Waals surface area contributed by atoms with Crippen LogP contribution in [0.2, 0.25) is 0 Å². The molecule has 7 nitrogen and oxygen atoms in total. The first kappa shape index (κ1) is 17.2. The van der Waals surface area contributed by atoms with E-state index in [-0.39, 0.29) is 24.6 Å². The number of nitrogens with one attached hydrogen (secondary N) is 1. The average Bonchev–Trinajstić information content (AvgIpc) is 3.37. The van der Waals surface area contributed by atoms with Crippen molar-refractivity contribution in [2.45, 2.75) is 50.4 Å². The fraction of sp³-hybridized carbons (Fsp3) is 0.526. The summed E-state index contributed by atoms with van der Waals surface area (Å²) in [6.07, 6.45) is 5.60. The molecule has 1 aromatic carbocycles. The Hall–Kier alpha value is -2.25. The summed E-state index contributed by atoms with van der Waals surface area (Å²) in [6.45, 7) is 1.81. The van der Waals surface area contributed by atoms with Crippen molar-refractivity contribution in [3.63, 3.8) is 0 Å². The van der Waals surface area contributed by atoms with Crippen LogP contribution in [0.4, 0.5) is 0 Å². The lowest BCUT2D eigenvalue weighted by atomic mass is 10.1. The van der Waals surface area contributed by atoms with Gasteiger partial charge in [-0.3, -0.25) is 9.69 Å². The molecule has 1 saturated heterocycles. The Morgan fingerprint density at radius 3 is 2.85 bits per heavy atom. The SMILES string of the molecule is O=C(Cn1cc(-c2ccccc2)nn1)N[C@@H]1CCC[C@@H]1N1CCC(O)C1. The lowest BCUT2D eigenvalue weighted by Gasteiger charge is -2.29. The van der Waals surface area contributed by atoms with Gasteiger partial charge in [-0.25, -0.2) is 4.68 Å². The topological polar surface area (TPSA) is 83.3 Å². The highest BCUT2D eigenvalue weighted by Crippen LogP contribution is 2.27. The number of aliphatic hydroxyl groups excluding tert-OH is 1. The van der Waals surface area contributed by atoms with Gasteiger partial charge in [0, 0.05) is 30.7 Å². The van der Waals surface area contributed by atoms with Crippen molar-refractivity contribution < 1.29 is 9.90 Å². The molecular weight excluding hydrogens is 330 g/mol. The van der Waals surface area contributed by atoms with Gasteiger partial charge in [0.1, 0.15) is 12.2 Å². The van der Waals surface area contributed by atoms with E-state index in [2.05, 4.69) is 20.5 Å². The standard InChI is InChI=1S/C19H25N5O2/c25-15-9-10-23(11-15)18-8-4-7-16(18)20-19(26)13-24-12-17(21-22-24)14-5-2-1-3-6-14/h1-3,5-6,12,15-16,18,25H,4,7-11,13H2,(H,20,26)/t15?,16-,18+/m1/s1. The van der Waals surface area contributed by atoms with E-state index in [1.165, 1.54) is 0 Å². The molecule has 138 valence electrons. The van der Waals surface area contributed by atoms with Gasteiger partial charge in [-0.2, -0.15) is 0 Å². The van der Waals surface area contributed by atoms with Crippen LogP contribution in [0.1, 0.15) is 25.7 Å². The third kappa shape index (κ3) is 3.78. The molecule has 2 N–H and O–H groups in total. The second-order valence-electron chi connectivity index (χ2n) is 7.28. The van der Waals surface area contributed by atoms with Gasteiger partial charge >= 0.3 is 0 Å². The van der Waals surface area contributed by atoms with Gasteiger partial charge in [-0.15, -0.1) is 5.10 Å². The molecule has 0 radical (unpaired) electrons. The Labute approximate surface area is 153 Å². The van der Waals surface area contributed by atoms with Crippen LogP contribution in [-0.2, 0) is 11.3 Å². The highest BCUT2D eigenvalue weighted by molar-refractivity contribution is 5.76. The van der Waals surface area contributed by atoms with E-state index in [4.69, 9.17) is 0 Å². The number of aliphatic hydroxyl groups is 1. The Morgan fingerprint density at radius 1 is 1.23 bits per heavy atom. The Bertz CT molecular complexity index is 747. The number of hydrogen-bond donors (Lipinski definition) is 2. The minimum Gasteiger partial charge on any atom is -0.392 e. The van der Waals surface area contributed by atoms with Gasteiger partial charge in [-0.1, -0.05) is 35.5 Å². The molecule has 2 aliphatic rings. The van der Waals surface area contributed by atoms with Crippen molar-refractivity contribution in [2.75, 3.05) is 13.1 Å². The third-order valence-corrected chi connectivity index (χ3v) is 5.40. The van der Waals surface area contributed by atoms with Crippen LogP contribution in [0.3, 0.4) is 0 Å². The fourth-order valence-corrected chi connectivity index (χ4v) is 4.13. The van der Waals surface area contributed by atoms with Crippen LogP contribution in [0.5, 0.6) is 0 Å². The highest BCUT2D eigenvalue weighted by atomic mass is 16.3. The lowest BCUT2D eigenvalue weighted by molar-refractivity contribution is -0.122. The summed E-state index contributed by atoms with van der Waals surface area (Å²) < 4.78 is 1.58. The number of likely N-dealkylation sites (tertiary alicyclic amines) is 1. The Balaban J connectivity index is 1.34. The first-order valence-electron chi connectivity index (χ1n) is 9.36. The molecule has 3 atom stereocenters. The maximum atomic E-state index is 12.5. The largest absolute Gasteiger partial charge is 0.392 e. The van der Waals surface area contributed by atoms with E-state index in [0.717, 1.165) is 50.0 Å². The molecule has 1 aliphatic heterocycles. The molecule has 1 aliphatic carbocycles. The van der Waals surface area contributed by atoms with E-state index in [0.29, 0.717) is 6.04 Å². The highest BCUT2D eigenvalue weighted by Gasteiger charge is 2.36. The van der Waals surface area contributed by atoms with Crippen LogP contribution in [0.25, 0.3) is 11.3 Å². The van der Waals surface area contributed by atoms with Crippen LogP contribution in [-0.4, -0.2) is 62.2 Å². The molecule has 2 fully saturated rings. The molecule has 1 unspecified atom stereocenters. The third-order valence-electron chi connectivity index (χ3n) is 5.40. The second kappa shape index (κ2) is 7.55. The second-order valence-corrected chi connectivity index (χ2v) is 7.28. The van der Waals surface area contributed by atoms with Crippen molar-refractivity contribution in [1.29, 1.82) is 0 Å². The van der Waals surface area contributed by atoms with Crippen molar-refractivity contribution in [3.8, 4) is 11.3 Å². The average molecular weight is 355 g/mol. The zero-order valence-electron chi connectivity index (χ0n) is 14.8. The van der Waals surface area contributed by atoms with Gasteiger partial charge in [-0.05, 0) is 25.7 Å². The van der Waals surface area contributed by atoms with Crippen LogP contribution < -0.4 is 5.32 Å². The number of rotatable bonds is 5. The van der Waals surface area contributed by atoms with Crippen LogP contribution in [0, 0.1) is 0 Å². The molecular formula is C19H25N5O2. The summed E-state index contributed by atoms with van der Waals surface area (Å²) in [5.74, 6) is -0.0360. The number of carbonyl (C=O) groups is 1. The first-order chi connectivity index (χ1) is 12.7.